The van der Waals surface area contributed by atoms with Crippen molar-refractivity contribution in [1.29, 1.82) is 0 Å². The molecule has 0 aliphatic rings. The maximum absolute atomic E-state index is 13.3. The second-order valence-corrected chi connectivity index (χ2v) is 9.51. The third-order valence-electron chi connectivity index (χ3n) is 5.61. The van der Waals surface area contributed by atoms with Gasteiger partial charge in [0.1, 0.15) is 22.0 Å². The van der Waals surface area contributed by atoms with E-state index in [0.717, 1.165) is 11.1 Å². The highest BCUT2D eigenvalue weighted by molar-refractivity contribution is 7.92. The number of anilines is 1. The first-order valence-corrected chi connectivity index (χ1v) is 11.9. The van der Waals surface area contributed by atoms with Crippen molar-refractivity contribution in [2.24, 2.45) is 0 Å². The summed E-state index contributed by atoms with van der Waals surface area (Å²) in [5.41, 5.74) is 3.76. The number of methoxy groups -OCH3 is 1. The van der Waals surface area contributed by atoms with Crippen LogP contribution in [0.5, 0.6) is 5.75 Å². The van der Waals surface area contributed by atoms with Crippen molar-refractivity contribution >= 4 is 15.7 Å². The summed E-state index contributed by atoms with van der Waals surface area (Å²) in [6.07, 6.45) is 0. The molecule has 0 atom stereocenters. The van der Waals surface area contributed by atoms with Crippen LogP contribution < -0.4 is 15.0 Å². The van der Waals surface area contributed by atoms with Crippen LogP contribution in [0.3, 0.4) is 0 Å². The molecule has 10 heteroatoms. The molecule has 0 unspecified atom stereocenters. The Kier molecular flexibility index (Phi) is 6.01. The van der Waals surface area contributed by atoms with Crippen LogP contribution in [0.25, 0.3) is 16.9 Å². The van der Waals surface area contributed by atoms with E-state index in [4.69, 9.17) is 9.26 Å². The Balaban J connectivity index is 1.82. The van der Waals surface area contributed by atoms with Crippen molar-refractivity contribution in [2.75, 3.05) is 11.8 Å². The second kappa shape index (κ2) is 8.79. The minimum Gasteiger partial charge on any atom is -0.495 e. The highest BCUT2D eigenvalue weighted by atomic mass is 32.2. The molecule has 34 heavy (non-hydrogen) atoms. The van der Waals surface area contributed by atoms with Gasteiger partial charge in [-0.15, -0.1) is 0 Å². The minimum absolute atomic E-state index is 0.0507. The molecule has 1 N–H and O–H groups in total. The van der Waals surface area contributed by atoms with E-state index in [1.807, 2.05) is 19.9 Å². The van der Waals surface area contributed by atoms with E-state index in [0.29, 0.717) is 34.1 Å². The summed E-state index contributed by atoms with van der Waals surface area (Å²) in [6.45, 7) is 7.16. The van der Waals surface area contributed by atoms with Crippen molar-refractivity contribution < 1.29 is 17.7 Å². The summed E-state index contributed by atoms with van der Waals surface area (Å²) in [7, 11) is -2.59. The molecule has 0 bridgehead atoms. The topological polar surface area (TPSA) is 116 Å². The summed E-state index contributed by atoms with van der Waals surface area (Å²) >= 11 is 0. The lowest BCUT2D eigenvalue weighted by Gasteiger charge is -2.15. The van der Waals surface area contributed by atoms with Crippen molar-refractivity contribution in [2.45, 2.75) is 32.6 Å². The maximum Gasteiger partial charge on any atom is 0.271 e. The molecule has 176 valence electrons. The number of aromatic nitrogens is 3. The first-order chi connectivity index (χ1) is 16.1. The highest BCUT2D eigenvalue weighted by Gasteiger charge is 2.22. The molecular formula is C24H24N4O5S. The zero-order valence-electron chi connectivity index (χ0n) is 19.4. The van der Waals surface area contributed by atoms with Crippen molar-refractivity contribution in [3.63, 3.8) is 0 Å². The van der Waals surface area contributed by atoms with Crippen molar-refractivity contribution in [3.8, 4) is 22.7 Å². The first-order valence-electron chi connectivity index (χ1n) is 10.4. The predicted octanol–water partition coefficient (Wildman–Crippen LogP) is 3.93. The normalized spacial score (nSPS) is 11.4. The Morgan fingerprint density at radius 3 is 2.47 bits per heavy atom. The van der Waals surface area contributed by atoms with Gasteiger partial charge in [0, 0.05) is 11.6 Å². The molecule has 0 amide bonds. The number of benzene rings is 2. The summed E-state index contributed by atoms with van der Waals surface area (Å²) in [5.74, 6) is 0.626. The van der Waals surface area contributed by atoms with Crippen molar-refractivity contribution in [1.82, 2.24) is 14.9 Å². The minimum atomic E-state index is -4.00. The molecule has 0 saturated heterocycles. The van der Waals surface area contributed by atoms with Gasteiger partial charge in [-0.25, -0.2) is 8.42 Å². The molecule has 2 heterocycles. The zero-order chi connectivity index (χ0) is 24.6. The fourth-order valence-corrected chi connectivity index (χ4v) is 4.93. The lowest BCUT2D eigenvalue weighted by molar-refractivity contribution is 0.392. The fourth-order valence-electron chi connectivity index (χ4n) is 3.61. The smallest absolute Gasteiger partial charge is 0.271 e. The number of nitrogens with zero attached hydrogens (tertiary/aromatic N) is 3. The predicted molar refractivity (Wildman–Crippen MR) is 128 cm³/mol. The maximum atomic E-state index is 13.3. The van der Waals surface area contributed by atoms with Crippen LogP contribution in [0.1, 0.15) is 22.6 Å². The van der Waals surface area contributed by atoms with E-state index < -0.39 is 10.0 Å². The van der Waals surface area contributed by atoms with Crippen LogP contribution >= 0.6 is 0 Å². The van der Waals surface area contributed by atoms with Gasteiger partial charge in [0.05, 0.1) is 18.5 Å². The monoisotopic (exact) mass is 480 g/mol. The molecule has 0 aliphatic heterocycles. The van der Waals surface area contributed by atoms with Crippen LogP contribution in [-0.4, -0.2) is 30.5 Å². The third kappa shape index (κ3) is 4.19. The second-order valence-electron chi connectivity index (χ2n) is 7.86. The van der Waals surface area contributed by atoms with Crippen LogP contribution in [0.2, 0.25) is 0 Å². The summed E-state index contributed by atoms with van der Waals surface area (Å²) in [5, 5.41) is 8.32. The van der Waals surface area contributed by atoms with Gasteiger partial charge in [0.25, 0.3) is 15.6 Å². The standard InChI is InChI=1S/C24H24N4O5S/c1-14-7-6-8-19(15(14)2)27-34(30,31)22-13-18(9-11-21(22)32-5)20-10-12-23(29)28(25-20)24-16(3)26-33-17(24)4/h6-13,27H,1-5H3. The molecule has 0 aliphatic carbocycles. The Morgan fingerprint density at radius 1 is 1.03 bits per heavy atom. The van der Waals surface area contributed by atoms with E-state index in [9.17, 15) is 13.2 Å². The lowest BCUT2D eigenvalue weighted by atomic mass is 10.1. The summed E-state index contributed by atoms with van der Waals surface area (Å²) in [6, 6.07) is 13.0. The number of sulfonamides is 1. The van der Waals surface area contributed by atoms with Gasteiger partial charge >= 0.3 is 0 Å². The van der Waals surface area contributed by atoms with Gasteiger partial charge in [-0.05, 0) is 69.2 Å². The van der Waals surface area contributed by atoms with Crippen LogP contribution in [0, 0.1) is 27.7 Å². The van der Waals surface area contributed by atoms with Gasteiger partial charge in [-0.2, -0.15) is 9.78 Å². The van der Waals surface area contributed by atoms with Gasteiger partial charge < -0.3 is 9.26 Å². The number of ether oxygens (including phenoxy) is 1. The van der Waals surface area contributed by atoms with Crippen LogP contribution in [-0.2, 0) is 10.0 Å². The lowest BCUT2D eigenvalue weighted by Crippen LogP contribution is -2.21. The van der Waals surface area contributed by atoms with Crippen LogP contribution in [0.4, 0.5) is 5.69 Å². The van der Waals surface area contributed by atoms with E-state index in [1.54, 1.807) is 38.1 Å². The number of hydrogen-bond acceptors (Lipinski definition) is 7. The number of nitrogens with one attached hydrogen (secondary N) is 1. The molecule has 2 aromatic carbocycles. The molecule has 4 rings (SSSR count). The average molecular weight is 481 g/mol. The largest absolute Gasteiger partial charge is 0.495 e. The molecule has 0 fully saturated rings. The number of rotatable bonds is 6. The van der Waals surface area contributed by atoms with Gasteiger partial charge in [-0.1, -0.05) is 17.3 Å². The SMILES string of the molecule is COc1ccc(-c2ccc(=O)n(-c3c(C)noc3C)n2)cc1S(=O)(=O)Nc1cccc(C)c1C. The van der Waals surface area contributed by atoms with E-state index in [1.165, 1.54) is 30.0 Å². The molecule has 4 aromatic rings. The van der Waals surface area contributed by atoms with E-state index in [2.05, 4.69) is 15.0 Å². The molecular weight excluding hydrogens is 456 g/mol. The Hall–Kier alpha value is -3.92. The summed E-state index contributed by atoms with van der Waals surface area (Å²) < 4.78 is 41.0. The third-order valence-corrected chi connectivity index (χ3v) is 6.99. The quantitative estimate of drug-likeness (QED) is 0.444. The van der Waals surface area contributed by atoms with Crippen LogP contribution in [0.15, 0.2) is 62.7 Å². The van der Waals surface area contributed by atoms with Gasteiger partial charge in [-0.3, -0.25) is 9.52 Å². The number of aryl methyl sites for hydroxylation is 3. The van der Waals surface area contributed by atoms with Gasteiger partial charge in [0.2, 0.25) is 0 Å². The molecule has 2 aromatic heterocycles. The Morgan fingerprint density at radius 2 is 1.79 bits per heavy atom. The molecule has 0 saturated carbocycles. The van der Waals surface area contributed by atoms with E-state index in [-0.39, 0.29) is 16.2 Å². The Labute approximate surface area is 197 Å². The van der Waals surface area contributed by atoms with Crippen molar-refractivity contribution in [3.05, 3.63) is 81.5 Å². The Bertz CT molecular complexity index is 1530. The van der Waals surface area contributed by atoms with Gasteiger partial charge in [0.15, 0.2) is 5.76 Å². The highest BCUT2D eigenvalue weighted by Crippen LogP contribution is 2.31. The zero-order valence-corrected chi connectivity index (χ0v) is 20.2. The molecule has 0 radical (unpaired) electrons. The molecule has 9 nitrogen and oxygen atoms in total. The number of hydrogen-bond donors (Lipinski definition) is 1. The molecule has 0 spiro atoms. The first kappa shape index (κ1) is 23.2. The fraction of sp³-hybridized carbons (Fsp3) is 0.208. The average Bonchev–Trinajstić information content (AvgIpc) is 3.14. The summed E-state index contributed by atoms with van der Waals surface area (Å²) in [4.78, 5) is 12.4. The van der Waals surface area contributed by atoms with E-state index >= 15 is 0 Å².